The molecular formula is C66H74O14. The van der Waals surface area contributed by atoms with Gasteiger partial charge in [0, 0.05) is 0 Å². The topological polar surface area (TPSA) is 176 Å². The Morgan fingerprint density at radius 2 is 0.662 bits per heavy atom. The van der Waals surface area contributed by atoms with E-state index in [4.69, 9.17) is 37.9 Å². The molecule has 6 rings (SSSR count). The number of carbonyl (C=O) groups is 6. The number of esters is 6. The van der Waals surface area contributed by atoms with Crippen LogP contribution in [0.2, 0.25) is 0 Å². The first-order chi connectivity index (χ1) is 38.8. The van der Waals surface area contributed by atoms with Gasteiger partial charge >= 0.3 is 35.8 Å². The second-order valence-electron chi connectivity index (χ2n) is 19.7. The molecule has 0 amide bonds. The largest absolute Gasteiger partial charge is 0.493 e. The molecule has 0 radical (unpaired) electrons. The summed E-state index contributed by atoms with van der Waals surface area (Å²) in [5.74, 6) is -2.83. The summed E-state index contributed by atoms with van der Waals surface area (Å²) in [4.78, 5) is 77.6. The number of benzene rings is 6. The minimum atomic E-state index is -0.768. The summed E-state index contributed by atoms with van der Waals surface area (Å²) in [6, 6.07) is 36.5. The Morgan fingerprint density at radius 1 is 0.350 bits per heavy atom. The first-order valence-corrected chi connectivity index (χ1v) is 27.8. The van der Waals surface area contributed by atoms with Gasteiger partial charge in [-0.05, 0) is 147 Å². The van der Waals surface area contributed by atoms with E-state index in [2.05, 4.69) is 13.8 Å². The minimum Gasteiger partial charge on any atom is -0.493 e. The van der Waals surface area contributed by atoms with Crippen molar-refractivity contribution in [1.29, 1.82) is 0 Å². The quantitative estimate of drug-likeness (QED) is 0.0228. The lowest BCUT2D eigenvalue weighted by atomic mass is 10.0. The SMILES string of the molecule is CCCCCCCCC(C)OC(=O)c1ccc(-c2ccc(OC(=O)c3ccc(OC(=O)CCC(=O)Oc4ccc(C(=O)Oc5ccc(-c6ccc(C(=O)OC(C)CCCCCCCC)cc6)cc5)cc4OC)c(OC)c3)cc2)cc1. The number of hydrogen-bond acceptors (Lipinski definition) is 14. The van der Waals surface area contributed by atoms with Crippen molar-refractivity contribution in [3.8, 4) is 56.8 Å². The van der Waals surface area contributed by atoms with Crippen molar-refractivity contribution in [2.45, 2.75) is 143 Å². The van der Waals surface area contributed by atoms with Gasteiger partial charge in [0.05, 0.1) is 61.5 Å². The molecule has 0 fully saturated rings. The molecular weight excluding hydrogens is 1020 g/mol. The highest BCUT2D eigenvalue weighted by molar-refractivity contribution is 5.94. The van der Waals surface area contributed by atoms with Crippen molar-refractivity contribution in [2.24, 2.45) is 0 Å². The molecule has 0 spiro atoms. The monoisotopic (exact) mass is 1090 g/mol. The molecule has 2 atom stereocenters. The van der Waals surface area contributed by atoms with E-state index in [0.717, 1.165) is 60.8 Å². The molecule has 0 bridgehead atoms. The molecule has 0 aliphatic rings. The predicted octanol–water partition coefficient (Wildman–Crippen LogP) is 15.4. The average molecular weight is 1090 g/mol. The van der Waals surface area contributed by atoms with Gasteiger partial charge in [-0.2, -0.15) is 0 Å². The molecule has 0 aromatic heterocycles. The van der Waals surface area contributed by atoms with Crippen molar-refractivity contribution < 1.29 is 66.7 Å². The van der Waals surface area contributed by atoms with Crippen LogP contribution in [0.15, 0.2) is 133 Å². The Kier molecular flexibility index (Phi) is 24.4. The van der Waals surface area contributed by atoms with Crippen molar-refractivity contribution in [3.05, 3.63) is 156 Å². The number of carbonyl (C=O) groups excluding carboxylic acids is 6. The minimum absolute atomic E-state index is 0.0162. The smallest absolute Gasteiger partial charge is 0.343 e. The maximum absolute atomic E-state index is 13.2. The zero-order valence-electron chi connectivity index (χ0n) is 46.9. The first kappa shape index (κ1) is 61.0. The average Bonchev–Trinajstić information content (AvgIpc) is 3.47. The lowest BCUT2D eigenvalue weighted by molar-refractivity contribution is -0.140. The zero-order valence-corrected chi connectivity index (χ0v) is 46.9. The Labute approximate surface area is 470 Å². The standard InChI is InChI=1S/C66H74O14/c1-7-9-11-13-15-17-19-45(3)75-63(69)51-25-21-47(22-26-51)49-29-35-55(36-30-49)77-65(71)53-33-39-57(59(43-53)73-5)79-61(67)41-42-62(68)80-58-40-34-54(44-60(58)74-6)66(72)78-56-37-31-50(32-38-56)48-23-27-52(28-24-48)64(70)76-46(4)20-18-16-14-12-10-8-2/h21-40,43-46H,7-20,41-42H2,1-6H3. The Morgan fingerprint density at radius 3 is 1.00 bits per heavy atom. The van der Waals surface area contributed by atoms with Crippen LogP contribution in [0.1, 0.15) is 172 Å². The molecule has 0 N–H and O–H groups in total. The number of rotatable bonds is 31. The van der Waals surface area contributed by atoms with E-state index in [1.807, 2.05) is 38.1 Å². The van der Waals surface area contributed by atoms with Crippen LogP contribution in [0.5, 0.6) is 34.5 Å². The summed E-state index contributed by atoms with van der Waals surface area (Å²) in [7, 11) is 2.70. The summed E-state index contributed by atoms with van der Waals surface area (Å²) < 4.78 is 44.3. The van der Waals surface area contributed by atoms with Gasteiger partial charge in [-0.1, -0.05) is 127 Å². The van der Waals surface area contributed by atoms with E-state index in [-0.39, 0.29) is 71.1 Å². The van der Waals surface area contributed by atoms with E-state index in [1.54, 1.807) is 72.8 Å². The van der Waals surface area contributed by atoms with Gasteiger partial charge in [0.15, 0.2) is 23.0 Å². The van der Waals surface area contributed by atoms with Gasteiger partial charge in [-0.15, -0.1) is 0 Å². The number of unbranched alkanes of at least 4 members (excludes halogenated alkanes) is 10. The molecule has 0 aliphatic heterocycles. The maximum atomic E-state index is 13.2. The molecule has 0 heterocycles. The fourth-order valence-electron chi connectivity index (χ4n) is 8.71. The normalized spacial score (nSPS) is 11.6. The summed E-state index contributed by atoms with van der Waals surface area (Å²) in [5, 5.41) is 0. The molecule has 80 heavy (non-hydrogen) atoms. The number of ether oxygens (including phenoxy) is 8. The first-order valence-electron chi connectivity index (χ1n) is 27.8. The molecule has 0 saturated heterocycles. The van der Waals surface area contributed by atoms with Crippen LogP contribution >= 0.6 is 0 Å². The van der Waals surface area contributed by atoms with Crippen molar-refractivity contribution in [2.75, 3.05) is 14.2 Å². The van der Waals surface area contributed by atoms with Crippen LogP contribution < -0.4 is 28.4 Å². The maximum Gasteiger partial charge on any atom is 0.343 e. The molecule has 14 heteroatoms. The fraction of sp³-hybridized carbons (Fsp3) is 0.364. The Hall–Kier alpha value is -8.26. The second kappa shape index (κ2) is 32.0. The Bertz CT molecular complexity index is 2760. The third-order valence-electron chi connectivity index (χ3n) is 13.4. The molecule has 0 saturated carbocycles. The molecule has 14 nitrogen and oxygen atoms in total. The van der Waals surface area contributed by atoms with Crippen LogP contribution in [-0.2, 0) is 19.1 Å². The van der Waals surface area contributed by atoms with Gasteiger partial charge < -0.3 is 37.9 Å². The highest BCUT2D eigenvalue weighted by atomic mass is 16.6. The highest BCUT2D eigenvalue weighted by Gasteiger charge is 2.21. The van der Waals surface area contributed by atoms with Crippen LogP contribution in [0, 0.1) is 0 Å². The lowest BCUT2D eigenvalue weighted by Gasteiger charge is -2.13. The molecule has 422 valence electrons. The van der Waals surface area contributed by atoms with Gasteiger partial charge in [0.2, 0.25) is 0 Å². The fourth-order valence-corrected chi connectivity index (χ4v) is 8.71. The van der Waals surface area contributed by atoms with E-state index in [1.165, 1.54) is 102 Å². The van der Waals surface area contributed by atoms with E-state index >= 15 is 0 Å². The Balaban J connectivity index is 0.919. The van der Waals surface area contributed by atoms with E-state index < -0.39 is 23.9 Å². The molecule has 6 aromatic rings. The van der Waals surface area contributed by atoms with Crippen molar-refractivity contribution >= 4 is 35.8 Å². The molecule has 2 unspecified atom stereocenters. The third-order valence-corrected chi connectivity index (χ3v) is 13.4. The van der Waals surface area contributed by atoms with Crippen LogP contribution in [-0.4, -0.2) is 62.2 Å². The second-order valence-corrected chi connectivity index (χ2v) is 19.7. The molecule has 0 aliphatic carbocycles. The van der Waals surface area contributed by atoms with E-state index in [0.29, 0.717) is 22.6 Å². The molecule has 6 aromatic carbocycles. The number of methoxy groups -OCH3 is 2. The van der Waals surface area contributed by atoms with Crippen LogP contribution in [0.25, 0.3) is 22.3 Å². The van der Waals surface area contributed by atoms with Crippen molar-refractivity contribution in [3.63, 3.8) is 0 Å². The summed E-state index contributed by atoms with van der Waals surface area (Å²) >= 11 is 0. The summed E-state index contributed by atoms with van der Waals surface area (Å²) in [5.41, 5.74) is 4.63. The van der Waals surface area contributed by atoms with Crippen molar-refractivity contribution in [1.82, 2.24) is 0 Å². The van der Waals surface area contributed by atoms with Crippen LogP contribution in [0.4, 0.5) is 0 Å². The van der Waals surface area contributed by atoms with Gasteiger partial charge in [-0.25, -0.2) is 19.2 Å². The van der Waals surface area contributed by atoms with Gasteiger partial charge in [0.25, 0.3) is 0 Å². The van der Waals surface area contributed by atoms with E-state index in [9.17, 15) is 28.8 Å². The highest BCUT2D eigenvalue weighted by Crippen LogP contribution is 2.32. The summed E-state index contributed by atoms with van der Waals surface area (Å²) in [6.45, 7) is 8.26. The number of hydrogen-bond donors (Lipinski definition) is 0. The van der Waals surface area contributed by atoms with Gasteiger partial charge in [0.1, 0.15) is 11.5 Å². The van der Waals surface area contributed by atoms with Crippen LogP contribution in [0.3, 0.4) is 0 Å². The summed E-state index contributed by atoms with van der Waals surface area (Å²) in [6.07, 6.45) is 14.8. The predicted molar refractivity (Wildman–Crippen MR) is 306 cm³/mol. The third kappa shape index (κ3) is 19.3. The van der Waals surface area contributed by atoms with Gasteiger partial charge in [-0.3, -0.25) is 9.59 Å². The lowest BCUT2D eigenvalue weighted by Crippen LogP contribution is -2.15. The zero-order chi connectivity index (χ0) is 57.2.